The van der Waals surface area contributed by atoms with Crippen LogP contribution >= 0.6 is 0 Å². The molecule has 1 aromatic carbocycles. The van der Waals surface area contributed by atoms with Crippen molar-refractivity contribution in [3.63, 3.8) is 0 Å². The second-order valence-corrected chi connectivity index (χ2v) is 6.69. The van der Waals surface area contributed by atoms with Gasteiger partial charge in [-0.2, -0.15) is 5.26 Å². The van der Waals surface area contributed by atoms with Crippen molar-refractivity contribution in [2.45, 2.75) is 53.0 Å². The topological polar surface area (TPSA) is 35.8 Å². The molecule has 3 unspecified atom stereocenters. The van der Waals surface area contributed by atoms with Gasteiger partial charge in [0.25, 0.3) is 0 Å². The number of hydrogen-bond acceptors (Lipinski definition) is 2. The largest absolute Gasteiger partial charge is 0.381 e. The van der Waals surface area contributed by atoms with Gasteiger partial charge in [0.15, 0.2) is 0 Å². The van der Waals surface area contributed by atoms with Crippen LogP contribution < -0.4 is 5.32 Å². The van der Waals surface area contributed by atoms with Crippen LogP contribution in [0.1, 0.15) is 51.2 Å². The zero-order valence-electron chi connectivity index (χ0n) is 13.1. The molecule has 0 spiro atoms. The van der Waals surface area contributed by atoms with E-state index in [0.717, 1.165) is 22.7 Å². The molecule has 3 atom stereocenters. The third kappa shape index (κ3) is 3.15. The summed E-state index contributed by atoms with van der Waals surface area (Å²) in [5.74, 6) is 2.17. The van der Waals surface area contributed by atoms with Crippen molar-refractivity contribution < 1.29 is 0 Å². The van der Waals surface area contributed by atoms with Crippen molar-refractivity contribution in [3.8, 4) is 6.07 Å². The molecule has 1 saturated carbocycles. The SMILES string of the molecule is Cc1cccc(NC2CC(C)CCC2C(C)C)c1C#N. The van der Waals surface area contributed by atoms with Gasteiger partial charge in [0, 0.05) is 6.04 Å². The summed E-state index contributed by atoms with van der Waals surface area (Å²) < 4.78 is 0. The summed E-state index contributed by atoms with van der Waals surface area (Å²) in [6.07, 6.45) is 3.84. The average Bonchev–Trinajstić information content (AvgIpc) is 2.38. The van der Waals surface area contributed by atoms with Crippen LogP contribution in [0.5, 0.6) is 0 Å². The Kier molecular flexibility index (Phi) is 4.70. The smallest absolute Gasteiger partial charge is 0.102 e. The molecular formula is C18H26N2. The lowest BCUT2D eigenvalue weighted by Gasteiger charge is -2.38. The highest BCUT2D eigenvalue weighted by atomic mass is 14.9. The fourth-order valence-electron chi connectivity index (χ4n) is 3.50. The predicted octanol–water partition coefficient (Wildman–Crippen LogP) is 4.74. The number of benzene rings is 1. The first kappa shape index (κ1) is 14.9. The molecule has 0 aromatic heterocycles. The minimum atomic E-state index is 0.493. The lowest BCUT2D eigenvalue weighted by molar-refractivity contribution is 0.212. The van der Waals surface area contributed by atoms with E-state index in [2.05, 4.69) is 32.2 Å². The number of nitriles is 1. The molecule has 1 fully saturated rings. The van der Waals surface area contributed by atoms with Crippen LogP contribution in [0.4, 0.5) is 5.69 Å². The maximum Gasteiger partial charge on any atom is 0.102 e. The van der Waals surface area contributed by atoms with E-state index in [1.807, 2.05) is 25.1 Å². The van der Waals surface area contributed by atoms with Crippen LogP contribution in [0.25, 0.3) is 0 Å². The molecule has 20 heavy (non-hydrogen) atoms. The first-order chi connectivity index (χ1) is 9.52. The van der Waals surface area contributed by atoms with E-state index in [-0.39, 0.29) is 0 Å². The molecule has 0 radical (unpaired) electrons. The van der Waals surface area contributed by atoms with Gasteiger partial charge in [-0.15, -0.1) is 0 Å². The van der Waals surface area contributed by atoms with E-state index >= 15 is 0 Å². The Hall–Kier alpha value is -1.49. The Balaban J connectivity index is 2.23. The minimum Gasteiger partial charge on any atom is -0.381 e. The van der Waals surface area contributed by atoms with E-state index in [1.165, 1.54) is 19.3 Å². The molecule has 1 N–H and O–H groups in total. The summed E-state index contributed by atoms with van der Waals surface area (Å²) in [5.41, 5.74) is 2.87. The molecule has 2 nitrogen and oxygen atoms in total. The normalized spacial score (nSPS) is 26.3. The van der Waals surface area contributed by atoms with Crippen molar-refractivity contribution in [2.24, 2.45) is 17.8 Å². The Morgan fingerprint density at radius 3 is 2.70 bits per heavy atom. The van der Waals surface area contributed by atoms with Crippen LogP contribution in [-0.2, 0) is 0 Å². The zero-order valence-corrected chi connectivity index (χ0v) is 13.1. The van der Waals surface area contributed by atoms with Gasteiger partial charge in [0.2, 0.25) is 0 Å². The van der Waals surface area contributed by atoms with Gasteiger partial charge >= 0.3 is 0 Å². The van der Waals surface area contributed by atoms with Gasteiger partial charge in [-0.25, -0.2) is 0 Å². The highest BCUT2D eigenvalue weighted by molar-refractivity contribution is 5.61. The maximum absolute atomic E-state index is 9.37. The fraction of sp³-hybridized carbons (Fsp3) is 0.611. The van der Waals surface area contributed by atoms with Gasteiger partial charge in [-0.05, 0) is 49.1 Å². The summed E-state index contributed by atoms with van der Waals surface area (Å²) in [7, 11) is 0. The molecule has 2 rings (SSSR count). The number of nitrogens with one attached hydrogen (secondary N) is 1. The Morgan fingerprint density at radius 2 is 2.05 bits per heavy atom. The summed E-state index contributed by atoms with van der Waals surface area (Å²) in [6.45, 7) is 8.98. The zero-order chi connectivity index (χ0) is 14.7. The summed E-state index contributed by atoms with van der Waals surface area (Å²) in [5, 5.41) is 13.0. The molecule has 0 aliphatic heterocycles. The monoisotopic (exact) mass is 270 g/mol. The maximum atomic E-state index is 9.37. The molecule has 0 bridgehead atoms. The van der Waals surface area contributed by atoms with Crippen LogP contribution in [0.3, 0.4) is 0 Å². The summed E-state index contributed by atoms with van der Waals surface area (Å²) in [4.78, 5) is 0. The van der Waals surface area contributed by atoms with E-state index < -0.39 is 0 Å². The van der Waals surface area contributed by atoms with E-state index in [4.69, 9.17) is 0 Å². The lowest BCUT2D eigenvalue weighted by Crippen LogP contribution is -2.38. The van der Waals surface area contributed by atoms with Crippen LogP contribution in [0.2, 0.25) is 0 Å². The molecule has 1 aliphatic carbocycles. The first-order valence-corrected chi connectivity index (χ1v) is 7.79. The second kappa shape index (κ2) is 6.31. The van der Waals surface area contributed by atoms with Gasteiger partial charge < -0.3 is 5.32 Å². The van der Waals surface area contributed by atoms with Crippen molar-refractivity contribution in [3.05, 3.63) is 29.3 Å². The number of rotatable bonds is 3. The second-order valence-electron chi connectivity index (χ2n) is 6.69. The van der Waals surface area contributed by atoms with E-state index in [0.29, 0.717) is 17.9 Å². The summed E-state index contributed by atoms with van der Waals surface area (Å²) >= 11 is 0. The molecule has 1 aliphatic rings. The molecule has 0 saturated heterocycles. The van der Waals surface area contributed by atoms with E-state index in [1.54, 1.807) is 0 Å². The third-order valence-electron chi connectivity index (χ3n) is 4.75. The van der Waals surface area contributed by atoms with Gasteiger partial charge in [-0.1, -0.05) is 39.3 Å². The highest BCUT2D eigenvalue weighted by Crippen LogP contribution is 2.35. The highest BCUT2D eigenvalue weighted by Gasteiger charge is 2.30. The van der Waals surface area contributed by atoms with Crippen molar-refractivity contribution in [2.75, 3.05) is 5.32 Å². The number of nitrogens with zero attached hydrogens (tertiary/aromatic N) is 1. The Bertz CT molecular complexity index is 499. The van der Waals surface area contributed by atoms with Crippen molar-refractivity contribution in [1.82, 2.24) is 0 Å². The molecular weight excluding hydrogens is 244 g/mol. The average molecular weight is 270 g/mol. The van der Waals surface area contributed by atoms with Crippen molar-refractivity contribution in [1.29, 1.82) is 5.26 Å². The van der Waals surface area contributed by atoms with Crippen LogP contribution in [0.15, 0.2) is 18.2 Å². The van der Waals surface area contributed by atoms with Gasteiger partial charge in [-0.3, -0.25) is 0 Å². The fourth-order valence-corrected chi connectivity index (χ4v) is 3.50. The van der Waals surface area contributed by atoms with Gasteiger partial charge in [0.1, 0.15) is 6.07 Å². The first-order valence-electron chi connectivity index (χ1n) is 7.79. The van der Waals surface area contributed by atoms with Crippen LogP contribution in [-0.4, -0.2) is 6.04 Å². The Labute approximate surface area is 123 Å². The lowest BCUT2D eigenvalue weighted by atomic mass is 9.74. The predicted molar refractivity (Wildman–Crippen MR) is 84.6 cm³/mol. The molecule has 108 valence electrons. The number of aryl methyl sites for hydroxylation is 1. The number of hydrogen-bond donors (Lipinski definition) is 1. The summed E-state index contributed by atoms with van der Waals surface area (Å²) in [6, 6.07) is 8.93. The standard InChI is InChI=1S/C18H26N2/c1-12(2)15-9-8-13(3)10-18(15)20-17-7-5-6-14(4)16(17)11-19/h5-7,12-13,15,18,20H,8-10H2,1-4H3. The van der Waals surface area contributed by atoms with E-state index in [9.17, 15) is 5.26 Å². The molecule has 2 heteroatoms. The Morgan fingerprint density at radius 1 is 1.30 bits per heavy atom. The quantitative estimate of drug-likeness (QED) is 0.861. The van der Waals surface area contributed by atoms with Crippen LogP contribution in [0, 0.1) is 36.0 Å². The third-order valence-corrected chi connectivity index (χ3v) is 4.75. The van der Waals surface area contributed by atoms with Gasteiger partial charge in [0.05, 0.1) is 11.3 Å². The number of anilines is 1. The van der Waals surface area contributed by atoms with Crippen molar-refractivity contribution >= 4 is 5.69 Å². The minimum absolute atomic E-state index is 0.493. The molecule has 0 heterocycles. The molecule has 0 amide bonds. The molecule has 1 aromatic rings.